The molecule has 7 nitrogen and oxygen atoms in total. The van der Waals surface area contributed by atoms with Crippen LogP contribution in [0.1, 0.15) is 21.8 Å². The molecule has 2 saturated heterocycles. The van der Waals surface area contributed by atoms with E-state index in [1.54, 1.807) is 21.6 Å². The Morgan fingerprint density at radius 1 is 1.23 bits per heavy atom. The van der Waals surface area contributed by atoms with E-state index < -0.39 is 18.0 Å². The van der Waals surface area contributed by atoms with Crippen molar-refractivity contribution in [3.05, 3.63) is 51.0 Å². The Morgan fingerprint density at radius 3 is 2.84 bits per heavy atom. The highest BCUT2D eigenvalue weighted by Gasteiger charge is 2.48. The van der Waals surface area contributed by atoms with Gasteiger partial charge in [-0.15, -0.1) is 34.0 Å². The second-order valence-electron chi connectivity index (χ2n) is 7.41. The summed E-state index contributed by atoms with van der Waals surface area (Å²) in [5, 5.41) is 9.25. The molecule has 2 fully saturated rings. The molecule has 0 radical (unpaired) electrons. The summed E-state index contributed by atoms with van der Waals surface area (Å²) in [5.74, 6) is -0.711. The number of nitrogens with one attached hydrogen (secondary N) is 1. The van der Waals surface area contributed by atoms with Crippen molar-refractivity contribution in [3.8, 4) is 9.88 Å². The summed E-state index contributed by atoms with van der Waals surface area (Å²) in [7, 11) is 0. The van der Waals surface area contributed by atoms with E-state index in [-0.39, 0.29) is 30.1 Å². The van der Waals surface area contributed by atoms with Gasteiger partial charge >= 0.3 is 0 Å². The molecule has 0 saturated carbocycles. The van der Waals surface area contributed by atoms with Crippen LogP contribution in [0.2, 0.25) is 0 Å². The van der Waals surface area contributed by atoms with Crippen LogP contribution in [-0.4, -0.2) is 58.8 Å². The molecule has 160 valence electrons. The zero-order chi connectivity index (χ0) is 21.4. The number of hydrogen-bond acceptors (Lipinski definition) is 8. The summed E-state index contributed by atoms with van der Waals surface area (Å²) in [6.45, 7) is 0.501. The first-order valence-electron chi connectivity index (χ1n) is 9.87. The van der Waals surface area contributed by atoms with Crippen LogP contribution < -0.4 is 5.32 Å². The largest absolute Gasteiger partial charge is 0.368 e. The number of carbonyl (C=O) groups is 3. The fourth-order valence-electron chi connectivity index (χ4n) is 4.00. The van der Waals surface area contributed by atoms with E-state index in [9.17, 15) is 14.4 Å². The molecule has 10 heteroatoms. The van der Waals surface area contributed by atoms with Crippen LogP contribution in [0.3, 0.4) is 0 Å². The first-order chi connectivity index (χ1) is 15.1. The number of likely N-dealkylation sites (tertiary alicyclic amines) is 1. The van der Waals surface area contributed by atoms with E-state index in [1.165, 1.54) is 22.7 Å². The number of fused-ring (bicyclic) bond motifs is 1. The molecule has 0 bridgehead atoms. The number of hydrogen-bond donors (Lipinski definition) is 1. The fraction of sp³-hybridized carbons (Fsp3) is 0.333. The normalized spacial score (nSPS) is 21.3. The minimum Gasteiger partial charge on any atom is -0.368 e. The Hall–Kier alpha value is -2.40. The van der Waals surface area contributed by atoms with E-state index in [1.807, 2.05) is 35.0 Å². The Bertz CT molecular complexity index is 1090. The lowest BCUT2D eigenvalue weighted by Crippen LogP contribution is -2.53. The van der Waals surface area contributed by atoms with Crippen molar-refractivity contribution in [2.24, 2.45) is 0 Å². The maximum absolute atomic E-state index is 13.4. The number of thiophene rings is 2. The van der Waals surface area contributed by atoms with E-state index in [0.29, 0.717) is 19.4 Å². The van der Waals surface area contributed by atoms with Gasteiger partial charge in [-0.3, -0.25) is 14.4 Å². The van der Waals surface area contributed by atoms with Gasteiger partial charge in [-0.25, -0.2) is 4.98 Å². The van der Waals surface area contributed by atoms with Crippen molar-refractivity contribution in [1.29, 1.82) is 0 Å². The molecular formula is C21H19N3O4S3. The summed E-state index contributed by atoms with van der Waals surface area (Å²) < 4.78 is 5.51. The number of nitrogens with zero attached hydrogens (tertiary/aromatic N) is 2. The summed E-state index contributed by atoms with van der Waals surface area (Å²) in [6, 6.07) is 6.43. The van der Waals surface area contributed by atoms with Gasteiger partial charge in [-0.05, 0) is 29.3 Å². The smallest absolute Gasteiger partial charge is 0.271 e. The lowest BCUT2D eigenvalue weighted by molar-refractivity contribution is -0.138. The summed E-state index contributed by atoms with van der Waals surface area (Å²) >= 11 is 4.49. The van der Waals surface area contributed by atoms with Crippen molar-refractivity contribution in [2.45, 2.75) is 31.0 Å². The summed E-state index contributed by atoms with van der Waals surface area (Å²) in [4.78, 5) is 46.6. The number of ether oxygens (including phenoxy) is 1. The zero-order valence-electron chi connectivity index (χ0n) is 16.4. The third-order valence-corrected chi connectivity index (χ3v) is 8.23. The van der Waals surface area contributed by atoms with Crippen molar-refractivity contribution < 1.29 is 19.1 Å². The summed E-state index contributed by atoms with van der Waals surface area (Å²) in [5.41, 5.74) is 0.289. The molecule has 5 heterocycles. The maximum atomic E-state index is 13.4. The molecule has 3 aromatic rings. The van der Waals surface area contributed by atoms with Crippen molar-refractivity contribution in [2.75, 3.05) is 13.2 Å². The number of carbonyl (C=O) groups excluding carboxylic acids is 3. The zero-order valence-corrected chi connectivity index (χ0v) is 18.8. The van der Waals surface area contributed by atoms with Gasteiger partial charge < -0.3 is 15.0 Å². The van der Waals surface area contributed by atoms with E-state index in [4.69, 9.17) is 4.74 Å². The Balaban J connectivity index is 1.35. The second kappa shape index (κ2) is 8.62. The van der Waals surface area contributed by atoms with Gasteiger partial charge in [-0.2, -0.15) is 0 Å². The third kappa shape index (κ3) is 4.08. The fourth-order valence-corrected chi connectivity index (χ4v) is 6.36. The van der Waals surface area contributed by atoms with E-state index in [0.717, 1.165) is 14.8 Å². The van der Waals surface area contributed by atoms with Gasteiger partial charge in [0.25, 0.3) is 5.91 Å². The first kappa shape index (κ1) is 20.5. The number of aromatic nitrogens is 1. The highest BCUT2D eigenvalue weighted by atomic mass is 32.1. The molecule has 0 spiro atoms. The van der Waals surface area contributed by atoms with Crippen LogP contribution in [0.4, 0.5) is 0 Å². The van der Waals surface area contributed by atoms with E-state index in [2.05, 4.69) is 10.3 Å². The van der Waals surface area contributed by atoms with Gasteiger partial charge in [0, 0.05) is 23.2 Å². The van der Waals surface area contributed by atoms with Gasteiger partial charge in [-0.1, -0.05) is 12.1 Å². The monoisotopic (exact) mass is 473 g/mol. The lowest BCUT2D eigenvalue weighted by atomic mass is 10.1. The second-order valence-corrected chi connectivity index (χ2v) is 10.2. The molecule has 3 atom stereocenters. The van der Waals surface area contributed by atoms with Crippen LogP contribution >= 0.6 is 34.0 Å². The third-order valence-electron chi connectivity index (χ3n) is 5.45. The first-order valence-corrected chi connectivity index (χ1v) is 12.5. The molecular weight excluding hydrogens is 454 g/mol. The highest BCUT2D eigenvalue weighted by Crippen LogP contribution is 2.29. The standard InChI is InChI=1S/C21H19N3O4S3/c25-15-10-28-16-5-6-24(18(15)16)21(27)13(9-12-3-1-7-29-12)22-19(26)14-11-31-20(23-14)17-4-2-8-30-17/h1-4,7-8,11,13,16,18H,5-6,9-10H2,(H,22,26). The topological polar surface area (TPSA) is 88.6 Å². The molecule has 2 amide bonds. The lowest BCUT2D eigenvalue weighted by Gasteiger charge is -2.27. The quantitative estimate of drug-likeness (QED) is 0.595. The molecule has 0 aromatic carbocycles. The minimum atomic E-state index is -0.773. The van der Waals surface area contributed by atoms with Gasteiger partial charge in [0.2, 0.25) is 5.91 Å². The number of ketones is 1. The molecule has 31 heavy (non-hydrogen) atoms. The van der Waals surface area contributed by atoms with Crippen LogP contribution in [0.25, 0.3) is 9.88 Å². The molecule has 1 N–H and O–H groups in total. The molecule has 3 aromatic heterocycles. The van der Waals surface area contributed by atoms with Crippen molar-refractivity contribution >= 4 is 51.6 Å². The number of amides is 2. The number of Topliss-reactive ketones (excluding diaryl/α,β-unsaturated/α-hetero) is 1. The molecule has 2 aliphatic rings. The molecule has 3 unspecified atom stereocenters. The van der Waals surface area contributed by atoms with Crippen LogP contribution in [0, 0.1) is 0 Å². The predicted octanol–water partition coefficient (Wildman–Crippen LogP) is 2.84. The Morgan fingerprint density at radius 2 is 2.06 bits per heavy atom. The maximum Gasteiger partial charge on any atom is 0.271 e. The molecule has 2 aliphatic heterocycles. The van der Waals surface area contributed by atoms with Gasteiger partial charge in [0.15, 0.2) is 5.78 Å². The Labute approximate surface area is 190 Å². The molecule has 5 rings (SSSR count). The van der Waals surface area contributed by atoms with Crippen LogP contribution in [0.5, 0.6) is 0 Å². The van der Waals surface area contributed by atoms with Crippen molar-refractivity contribution in [1.82, 2.24) is 15.2 Å². The summed E-state index contributed by atoms with van der Waals surface area (Å²) in [6.07, 6.45) is 0.770. The Kier molecular flexibility index (Phi) is 5.70. The number of thiazole rings is 1. The molecule has 0 aliphatic carbocycles. The van der Waals surface area contributed by atoms with E-state index >= 15 is 0 Å². The number of rotatable bonds is 6. The average Bonchev–Trinajstić information content (AvgIpc) is 3.58. The predicted molar refractivity (Wildman–Crippen MR) is 120 cm³/mol. The van der Waals surface area contributed by atoms with Gasteiger partial charge in [0.1, 0.15) is 29.4 Å². The highest BCUT2D eigenvalue weighted by molar-refractivity contribution is 7.20. The van der Waals surface area contributed by atoms with Crippen LogP contribution in [0.15, 0.2) is 40.4 Å². The average molecular weight is 474 g/mol. The minimum absolute atomic E-state index is 0.0470. The van der Waals surface area contributed by atoms with Crippen molar-refractivity contribution in [3.63, 3.8) is 0 Å². The SMILES string of the molecule is O=C(NC(Cc1cccs1)C(=O)N1CCC2OCC(=O)C21)c1csc(-c2cccs2)n1. The van der Waals surface area contributed by atoms with Crippen LogP contribution in [-0.2, 0) is 20.7 Å². The van der Waals surface area contributed by atoms with Gasteiger partial charge in [0.05, 0.1) is 11.0 Å².